The van der Waals surface area contributed by atoms with Gasteiger partial charge in [-0.3, -0.25) is 0 Å². The van der Waals surface area contributed by atoms with Crippen LogP contribution >= 0.6 is 0 Å². The van der Waals surface area contributed by atoms with Gasteiger partial charge in [-0.2, -0.15) is 13.2 Å². The summed E-state index contributed by atoms with van der Waals surface area (Å²) in [6.07, 6.45) is -6.72. The lowest BCUT2D eigenvalue weighted by Crippen LogP contribution is -2.58. The monoisotopic (exact) mass is 361 g/mol. The molecule has 1 aromatic rings. The minimum atomic E-state index is -4.55. The van der Waals surface area contributed by atoms with Gasteiger partial charge in [-0.1, -0.05) is 0 Å². The number of halogens is 3. The van der Waals surface area contributed by atoms with Crippen LogP contribution in [0.5, 0.6) is 5.75 Å². The summed E-state index contributed by atoms with van der Waals surface area (Å²) >= 11 is 0. The number of alkyl halides is 3. The molecule has 0 radical (unpaired) electrons. The van der Waals surface area contributed by atoms with E-state index in [0.717, 1.165) is 12.1 Å². The molecule has 5 nitrogen and oxygen atoms in total. The fourth-order valence-electron chi connectivity index (χ4n) is 2.64. The Bertz CT molecular complexity index is 665. The van der Waals surface area contributed by atoms with E-state index in [9.17, 15) is 23.1 Å². The number of amides is 1. The zero-order valence-corrected chi connectivity index (χ0v) is 14.7. The number of fused-ring (bicyclic) bond motifs is 1. The van der Waals surface area contributed by atoms with Gasteiger partial charge in [0.05, 0.1) is 5.56 Å². The van der Waals surface area contributed by atoms with Crippen LogP contribution in [0.25, 0.3) is 0 Å². The molecular weight excluding hydrogens is 339 g/mol. The lowest BCUT2D eigenvalue weighted by molar-refractivity contribution is -0.137. The van der Waals surface area contributed by atoms with E-state index in [1.54, 1.807) is 34.6 Å². The molecule has 1 aromatic carbocycles. The summed E-state index contributed by atoms with van der Waals surface area (Å²) in [5.41, 5.74) is -2.74. The predicted molar refractivity (Wildman–Crippen MR) is 84.3 cm³/mol. The number of carbonyl (C=O) groups excluding carboxylic acids is 1. The van der Waals surface area contributed by atoms with Gasteiger partial charge in [0.25, 0.3) is 0 Å². The third-order valence-corrected chi connectivity index (χ3v) is 3.77. The summed E-state index contributed by atoms with van der Waals surface area (Å²) in [5.74, 6) is 0.146. The molecule has 2 rings (SSSR count). The van der Waals surface area contributed by atoms with Crippen molar-refractivity contribution in [1.29, 1.82) is 0 Å². The van der Waals surface area contributed by atoms with Crippen LogP contribution in [-0.4, -0.2) is 28.4 Å². The topological polar surface area (TPSA) is 67.8 Å². The highest BCUT2D eigenvalue weighted by Gasteiger charge is 2.45. The average molecular weight is 361 g/mol. The number of nitrogens with one attached hydrogen (secondary N) is 1. The summed E-state index contributed by atoms with van der Waals surface area (Å²) in [5, 5.41) is 13.1. The molecule has 1 aliphatic heterocycles. The number of rotatable bonds is 1. The molecule has 8 heteroatoms. The number of benzene rings is 1. The molecule has 0 aromatic heterocycles. The Kier molecular flexibility index (Phi) is 4.71. The summed E-state index contributed by atoms with van der Waals surface area (Å²) in [4.78, 5) is 12.0. The van der Waals surface area contributed by atoms with Crippen LogP contribution in [0.15, 0.2) is 18.2 Å². The van der Waals surface area contributed by atoms with Gasteiger partial charge in [0.2, 0.25) is 0 Å². The quantitative estimate of drug-likeness (QED) is 0.798. The van der Waals surface area contributed by atoms with E-state index in [1.807, 2.05) is 0 Å². The molecule has 0 saturated carbocycles. The number of carbonyl (C=O) groups is 1. The molecule has 0 aliphatic carbocycles. The molecule has 1 heterocycles. The highest BCUT2D eigenvalue weighted by Crippen LogP contribution is 2.42. The van der Waals surface area contributed by atoms with Gasteiger partial charge in [-0.15, -0.1) is 0 Å². The number of alkyl carbamates (subject to hydrolysis) is 1. The molecular formula is C17H22F3NO4. The van der Waals surface area contributed by atoms with Gasteiger partial charge in [-0.25, -0.2) is 4.79 Å². The first kappa shape index (κ1) is 19.4. The van der Waals surface area contributed by atoms with Crippen LogP contribution in [0, 0.1) is 0 Å². The van der Waals surface area contributed by atoms with Gasteiger partial charge >= 0.3 is 12.3 Å². The van der Waals surface area contributed by atoms with E-state index in [1.165, 1.54) is 6.07 Å². The van der Waals surface area contributed by atoms with Crippen molar-refractivity contribution in [3.05, 3.63) is 29.3 Å². The lowest BCUT2D eigenvalue weighted by atomic mass is 9.85. The standard InChI is InChI=1S/C17H22F3NO4/c1-15(2,3)25-14(23)21-13-12(22)10-8-9(17(18,19)20)6-7-11(10)24-16(13,4)5/h6-8,12-13,22H,1-5H3,(H,21,23)/t12-,13+/m0/s1. The van der Waals surface area contributed by atoms with Crippen LogP contribution in [0.1, 0.15) is 51.8 Å². The Morgan fingerprint density at radius 1 is 1.28 bits per heavy atom. The van der Waals surface area contributed by atoms with E-state index in [0.29, 0.717) is 0 Å². The normalized spacial score (nSPS) is 22.6. The van der Waals surface area contributed by atoms with Crippen molar-refractivity contribution in [3.8, 4) is 5.75 Å². The Balaban J connectivity index is 2.33. The van der Waals surface area contributed by atoms with Crippen molar-refractivity contribution in [2.45, 2.75) is 64.1 Å². The average Bonchev–Trinajstić information content (AvgIpc) is 2.39. The Morgan fingerprint density at radius 2 is 1.88 bits per heavy atom. The molecule has 2 atom stereocenters. The van der Waals surface area contributed by atoms with Gasteiger partial charge < -0.3 is 19.9 Å². The maximum absolute atomic E-state index is 12.9. The van der Waals surface area contributed by atoms with Crippen molar-refractivity contribution in [2.75, 3.05) is 0 Å². The second-order valence-electron chi connectivity index (χ2n) is 7.52. The first-order valence-electron chi connectivity index (χ1n) is 7.78. The maximum atomic E-state index is 12.9. The largest absolute Gasteiger partial charge is 0.485 e. The molecule has 0 saturated heterocycles. The van der Waals surface area contributed by atoms with Crippen molar-refractivity contribution in [3.63, 3.8) is 0 Å². The second-order valence-corrected chi connectivity index (χ2v) is 7.52. The maximum Gasteiger partial charge on any atom is 0.416 e. The fourth-order valence-corrected chi connectivity index (χ4v) is 2.64. The van der Waals surface area contributed by atoms with Crippen LogP contribution in [-0.2, 0) is 10.9 Å². The lowest BCUT2D eigenvalue weighted by Gasteiger charge is -2.43. The SMILES string of the molecule is CC(C)(C)OC(=O)N[C@@H]1[C@@H](O)c2cc(C(F)(F)F)ccc2OC1(C)C. The van der Waals surface area contributed by atoms with Crippen LogP contribution in [0.3, 0.4) is 0 Å². The van der Waals surface area contributed by atoms with E-state index in [4.69, 9.17) is 9.47 Å². The van der Waals surface area contributed by atoms with Crippen molar-refractivity contribution < 1.29 is 32.5 Å². The summed E-state index contributed by atoms with van der Waals surface area (Å²) in [6.45, 7) is 8.28. The number of hydrogen-bond donors (Lipinski definition) is 2. The highest BCUT2D eigenvalue weighted by atomic mass is 19.4. The molecule has 25 heavy (non-hydrogen) atoms. The third-order valence-electron chi connectivity index (χ3n) is 3.77. The molecule has 0 unspecified atom stereocenters. The van der Waals surface area contributed by atoms with Crippen LogP contribution in [0.2, 0.25) is 0 Å². The predicted octanol–water partition coefficient (Wildman–Crippen LogP) is 3.80. The number of hydrogen-bond acceptors (Lipinski definition) is 4. The number of aliphatic hydroxyl groups is 1. The molecule has 1 amide bonds. The van der Waals surface area contributed by atoms with Gasteiger partial charge in [0.1, 0.15) is 29.1 Å². The summed E-state index contributed by atoms with van der Waals surface area (Å²) < 4.78 is 49.6. The van der Waals surface area contributed by atoms with Crippen molar-refractivity contribution in [1.82, 2.24) is 5.32 Å². The second kappa shape index (κ2) is 6.09. The Hall–Kier alpha value is -1.96. The van der Waals surface area contributed by atoms with Gasteiger partial charge in [-0.05, 0) is 52.8 Å². The molecule has 140 valence electrons. The molecule has 0 spiro atoms. The van der Waals surface area contributed by atoms with E-state index >= 15 is 0 Å². The molecule has 0 fully saturated rings. The van der Waals surface area contributed by atoms with Gasteiger partial charge in [0.15, 0.2) is 0 Å². The Labute approximate surface area is 144 Å². The van der Waals surface area contributed by atoms with E-state index in [2.05, 4.69) is 5.32 Å². The van der Waals surface area contributed by atoms with Crippen LogP contribution in [0.4, 0.5) is 18.0 Å². The summed E-state index contributed by atoms with van der Waals surface area (Å²) in [7, 11) is 0. The van der Waals surface area contributed by atoms with E-state index in [-0.39, 0.29) is 11.3 Å². The minimum absolute atomic E-state index is 0.0322. The Morgan fingerprint density at radius 3 is 2.40 bits per heavy atom. The zero-order valence-electron chi connectivity index (χ0n) is 14.7. The first-order valence-corrected chi connectivity index (χ1v) is 7.78. The van der Waals surface area contributed by atoms with Crippen molar-refractivity contribution >= 4 is 6.09 Å². The highest BCUT2D eigenvalue weighted by molar-refractivity contribution is 5.68. The van der Waals surface area contributed by atoms with E-state index < -0.39 is 41.2 Å². The molecule has 0 bridgehead atoms. The fraction of sp³-hybridized carbons (Fsp3) is 0.588. The smallest absolute Gasteiger partial charge is 0.416 e. The minimum Gasteiger partial charge on any atom is -0.485 e. The first-order chi connectivity index (χ1) is 11.2. The number of aliphatic hydroxyl groups excluding tert-OH is 1. The van der Waals surface area contributed by atoms with Crippen molar-refractivity contribution in [2.24, 2.45) is 0 Å². The number of ether oxygens (including phenoxy) is 2. The molecule has 2 N–H and O–H groups in total. The summed E-state index contributed by atoms with van der Waals surface area (Å²) in [6, 6.07) is 1.91. The van der Waals surface area contributed by atoms with Crippen LogP contribution < -0.4 is 10.1 Å². The van der Waals surface area contributed by atoms with Gasteiger partial charge in [0, 0.05) is 5.56 Å². The zero-order chi connectivity index (χ0) is 19.2. The molecule has 1 aliphatic rings. The third kappa shape index (κ3) is 4.36.